The van der Waals surface area contributed by atoms with E-state index in [2.05, 4.69) is 4.98 Å². The van der Waals surface area contributed by atoms with E-state index in [1.807, 2.05) is 0 Å². The van der Waals surface area contributed by atoms with Crippen LogP contribution in [0.15, 0.2) is 24.4 Å². The van der Waals surface area contributed by atoms with Crippen LogP contribution in [0.5, 0.6) is 0 Å². The Morgan fingerprint density at radius 1 is 1.45 bits per heavy atom. The maximum Gasteiger partial charge on any atom is 2.00 e. The number of carboxylic acid groups (broad SMARTS) is 1. The summed E-state index contributed by atoms with van der Waals surface area (Å²) in [6, 6.07) is 4.62. The third-order valence-corrected chi connectivity index (χ3v) is 0.874. The molecule has 1 aromatic heterocycles. The molecule has 0 amide bonds. The molecule has 0 aliphatic carbocycles. The Morgan fingerprint density at radius 3 is 2.36 bits per heavy atom. The van der Waals surface area contributed by atoms with E-state index in [1.54, 1.807) is 12.1 Å². The van der Waals surface area contributed by atoms with E-state index in [1.165, 1.54) is 12.3 Å². The van der Waals surface area contributed by atoms with Crippen LogP contribution in [0.25, 0.3) is 0 Å². The molecule has 0 aliphatic rings. The van der Waals surface area contributed by atoms with Gasteiger partial charge in [0.05, 0.1) is 11.7 Å². The van der Waals surface area contributed by atoms with Crippen molar-refractivity contribution < 1.29 is 32.7 Å². The van der Waals surface area contributed by atoms with Gasteiger partial charge < -0.3 is 15.4 Å². The summed E-state index contributed by atoms with van der Waals surface area (Å²) in [5.74, 6) is -1.24. The number of carbonyl (C=O) groups excluding carboxylic acids is 1. The van der Waals surface area contributed by atoms with Crippen molar-refractivity contribution in [3.8, 4) is 0 Å². The summed E-state index contributed by atoms with van der Waals surface area (Å²) in [5, 5.41) is 10.0. The molecule has 0 radical (unpaired) electrons. The summed E-state index contributed by atoms with van der Waals surface area (Å²) in [6.45, 7) is 0. The van der Waals surface area contributed by atoms with E-state index < -0.39 is 5.97 Å². The van der Waals surface area contributed by atoms with Gasteiger partial charge >= 0.3 is 17.4 Å². The molecule has 0 saturated heterocycles. The summed E-state index contributed by atoms with van der Waals surface area (Å²) in [7, 11) is 0. The predicted molar refractivity (Wildman–Crippen MR) is 32.2 cm³/mol. The molecular formula is C6H6CrNO3+. The number of carbonyl (C=O) groups is 1. The average molecular weight is 192 g/mol. The normalized spacial score (nSPS) is 7.27. The topological polar surface area (TPSA) is 84.5 Å². The van der Waals surface area contributed by atoms with Gasteiger partial charge in [-0.1, -0.05) is 6.07 Å². The second-order valence-electron chi connectivity index (χ2n) is 1.50. The third-order valence-electron chi connectivity index (χ3n) is 0.874. The van der Waals surface area contributed by atoms with Gasteiger partial charge in [-0.25, -0.2) is 0 Å². The van der Waals surface area contributed by atoms with Gasteiger partial charge in [-0.2, -0.15) is 0 Å². The van der Waals surface area contributed by atoms with E-state index in [-0.39, 0.29) is 28.5 Å². The standard InChI is InChI=1S/C6H5NO2.Cr.H2O/c8-6(9)5-3-1-2-4-7-5;;/h1-4H,(H,8,9);;1H2/q;+2;/p-1. The van der Waals surface area contributed by atoms with Crippen LogP contribution in [0.2, 0.25) is 0 Å². The molecule has 2 N–H and O–H groups in total. The number of rotatable bonds is 1. The molecule has 0 fully saturated rings. The molecule has 0 bridgehead atoms. The third kappa shape index (κ3) is 3.73. The van der Waals surface area contributed by atoms with Gasteiger partial charge in [0, 0.05) is 6.20 Å². The van der Waals surface area contributed by atoms with Crippen molar-refractivity contribution in [1.29, 1.82) is 0 Å². The Hall–Kier alpha value is -0.888. The first-order valence-corrected chi connectivity index (χ1v) is 2.43. The predicted octanol–water partition coefficient (Wildman–Crippen LogP) is -1.38. The fourth-order valence-corrected chi connectivity index (χ4v) is 0.484. The van der Waals surface area contributed by atoms with Crippen LogP contribution >= 0.6 is 0 Å². The summed E-state index contributed by atoms with van der Waals surface area (Å²) in [6.07, 6.45) is 1.41. The number of aromatic carboxylic acids is 1. The number of hydrogen-bond acceptors (Lipinski definition) is 3. The van der Waals surface area contributed by atoms with Crippen LogP contribution in [0.3, 0.4) is 0 Å². The minimum Gasteiger partial charge on any atom is -0.543 e. The van der Waals surface area contributed by atoms with Crippen molar-refractivity contribution in [3.63, 3.8) is 0 Å². The average Bonchev–Trinajstić information content (AvgIpc) is 1.90. The van der Waals surface area contributed by atoms with E-state index in [0.29, 0.717) is 0 Å². The van der Waals surface area contributed by atoms with E-state index >= 15 is 0 Å². The Kier molecular flexibility index (Phi) is 6.80. The van der Waals surface area contributed by atoms with Gasteiger partial charge in [0.2, 0.25) is 0 Å². The molecule has 0 unspecified atom stereocenters. The maximum absolute atomic E-state index is 10.0. The van der Waals surface area contributed by atoms with Crippen LogP contribution < -0.4 is 5.11 Å². The van der Waals surface area contributed by atoms with Crippen molar-refractivity contribution >= 4 is 5.97 Å². The van der Waals surface area contributed by atoms with Crippen molar-refractivity contribution in [2.45, 2.75) is 0 Å². The largest absolute Gasteiger partial charge is 2.00 e. The van der Waals surface area contributed by atoms with Crippen LogP contribution in [0.1, 0.15) is 10.5 Å². The number of carboxylic acids is 1. The molecule has 0 spiro atoms. The zero-order chi connectivity index (χ0) is 6.69. The molecule has 1 rings (SSSR count). The Morgan fingerprint density at radius 2 is 2.09 bits per heavy atom. The second-order valence-corrected chi connectivity index (χ2v) is 1.50. The fraction of sp³-hybridized carbons (Fsp3) is 0. The van der Waals surface area contributed by atoms with Crippen molar-refractivity contribution in [2.24, 2.45) is 0 Å². The molecule has 0 aromatic carbocycles. The van der Waals surface area contributed by atoms with E-state index in [4.69, 9.17) is 0 Å². The Balaban J connectivity index is 0. The minimum atomic E-state index is -1.24. The molecule has 1 aromatic rings. The number of nitrogens with zero attached hydrogens (tertiary/aromatic N) is 1. The second kappa shape index (κ2) is 5.86. The van der Waals surface area contributed by atoms with Gasteiger partial charge in [-0.3, -0.25) is 4.98 Å². The van der Waals surface area contributed by atoms with Crippen molar-refractivity contribution in [3.05, 3.63) is 30.1 Å². The monoisotopic (exact) mass is 192 g/mol. The SMILES string of the molecule is O.O=C([O-])c1ccccn1.[Cr+2]. The van der Waals surface area contributed by atoms with Crippen LogP contribution in [0.4, 0.5) is 0 Å². The maximum atomic E-state index is 10.0. The first-order valence-electron chi connectivity index (χ1n) is 2.43. The molecule has 58 valence electrons. The molecule has 0 aliphatic heterocycles. The zero-order valence-corrected chi connectivity index (χ0v) is 6.76. The summed E-state index contributed by atoms with van der Waals surface area (Å²) in [5.41, 5.74) is -0.0301. The van der Waals surface area contributed by atoms with Gasteiger partial charge in [0.25, 0.3) is 0 Å². The zero-order valence-electron chi connectivity index (χ0n) is 5.48. The minimum absolute atomic E-state index is 0. The molecule has 1 heterocycles. The molecule has 0 atom stereocenters. The summed E-state index contributed by atoms with van der Waals surface area (Å²) < 4.78 is 0. The van der Waals surface area contributed by atoms with Gasteiger partial charge in [-0.15, -0.1) is 0 Å². The van der Waals surface area contributed by atoms with E-state index in [9.17, 15) is 9.90 Å². The molecule has 5 heteroatoms. The van der Waals surface area contributed by atoms with Crippen molar-refractivity contribution in [1.82, 2.24) is 4.98 Å². The first kappa shape index (κ1) is 12.8. The quantitative estimate of drug-likeness (QED) is 0.549. The van der Waals surface area contributed by atoms with Crippen molar-refractivity contribution in [2.75, 3.05) is 0 Å². The van der Waals surface area contributed by atoms with Crippen LogP contribution in [-0.4, -0.2) is 16.4 Å². The summed E-state index contributed by atoms with van der Waals surface area (Å²) >= 11 is 0. The molecular weight excluding hydrogens is 186 g/mol. The van der Waals surface area contributed by atoms with Crippen LogP contribution in [0, 0.1) is 0 Å². The number of aromatic nitrogens is 1. The molecule has 4 nitrogen and oxygen atoms in total. The van der Waals surface area contributed by atoms with Crippen LogP contribution in [-0.2, 0) is 17.4 Å². The summed E-state index contributed by atoms with van der Waals surface area (Å²) in [4.78, 5) is 13.5. The Labute approximate surface area is 74.3 Å². The molecule has 0 saturated carbocycles. The first-order chi connectivity index (χ1) is 4.30. The number of hydrogen-bond donors (Lipinski definition) is 0. The molecule has 11 heavy (non-hydrogen) atoms. The Bertz CT molecular complexity index is 214. The number of pyridine rings is 1. The van der Waals surface area contributed by atoms with E-state index in [0.717, 1.165) is 0 Å². The van der Waals surface area contributed by atoms with Gasteiger partial charge in [0.1, 0.15) is 0 Å². The fourth-order valence-electron chi connectivity index (χ4n) is 0.484. The van der Waals surface area contributed by atoms with Gasteiger partial charge in [-0.05, 0) is 12.1 Å². The van der Waals surface area contributed by atoms with Gasteiger partial charge in [0.15, 0.2) is 0 Å². The smallest absolute Gasteiger partial charge is 0.543 e.